The summed E-state index contributed by atoms with van der Waals surface area (Å²) in [7, 11) is -4.03. The van der Waals surface area contributed by atoms with Crippen molar-refractivity contribution >= 4 is 26.7 Å². The number of nitrogens with one attached hydrogen (secondary N) is 3. The first kappa shape index (κ1) is 25.5. The molecule has 4 aromatic rings. The lowest BCUT2D eigenvalue weighted by Gasteiger charge is -2.31. The van der Waals surface area contributed by atoms with E-state index in [1.807, 2.05) is 6.07 Å². The number of halogens is 2. The van der Waals surface area contributed by atoms with Gasteiger partial charge in [0.2, 0.25) is 5.88 Å². The molecule has 38 heavy (non-hydrogen) atoms. The molecule has 1 saturated heterocycles. The number of piperidine rings is 1. The van der Waals surface area contributed by atoms with Crippen LogP contribution in [0.2, 0.25) is 0 Å². The van der Waals surface area contributed by atoms with Crippen molar-refractivity contribution in [3.63, 3.8) is 0 Å². The number of anilines is 1. The topological polar surface area (TPSA) is 146 Å². The first-order chi connectivity index (χ1) is 18.1. The number of fused-ring (bicyclic) bond motifs is 1. The van der Waals surface area contributed by atoms with Gasteiger partial charge in [0.1, 0.15) is 16.4 Å². The molecule has 1 aliphatic rings. The predicted molar refractivity (Wildman–Crippen MR) is 135 cm³/mol. The Labute approximate surface area is 217 Å². The minimum absolute atomic E-state index is 0.00363. The highest BCUT2D eigenvalue weighted by molar-refractivity contribution is 7.92. The molecule has 3 N–H and O–H groups in total. The van der Waals surface area contributed by atoms with Gasteiger partial charge in [-0.3, -0.25) is 9.82 Å². The van der Waals surface area contributed by atoms with Crippen LogP contribution in [0.25, 0.3) is 22.4 Å². The highest BCUT2D eigenvalue weighted by Gasteiger charge is 2.44. The summed E-state index contributed by atoms with van der Waals surface area (Å²) >= 11 is 0. The van der Waals surface area contributed by atoms with Crippen LogP contribution in [0.1, 0.15) is 23.2 Å². The van der Waals surface area contributed by atoms with Gasteiger partial charge < -0.3 is 10.1 Å². The zero-order valence-electron chi connectivity index (χ0n) is 20.4. The van der Waals surface area contributed by atoms with Crippen molar-refractivity contribution in [1.82, 2.24) is 25.5 Å². The molecular formula is C25H23F2N7O3S. The number of aromatic amines is 1. The van der Waals surface area contributed by atoms with Crippen molar-refractivity contribution in [1.29, 1.82) is 5.26 Å². The number of rotatable bonds is 6. The van der Waals surface area contributed by atoms with Crippen molar-refractivity contribution in [2.45, 2.75) is 37.2 Å². The minimum atomic E-state index is -4.03. The third-order valence-electron chi connectivity index (χ3n) is 6.17. The Morgan fingerprint density at radius 3 is 2.63 bits per heavy atom. The average Bonchev–Trinajstić information content (AvgIpc) is 3.26. The van der Waals surface area contributed by atoms with Crippen molar-refractivity contribution in [2.24, 2.45) is 0 Å². The lowest BCUT2D eigenvalue weighted by atomic mass is 10.1. The normalized spacial score (nSPS) is 17.2. The van der Waals surface area contributed by atoms with Crippen LogP contribution < -0.4 is 14.8 Å². The van der Waals surface area contributed by atoms with Crippen LogP contribution in [0.4, 0.5) is 14.5 Å². The maximum Gasteiger partial charge on any atom is 0.296 e. The van der Waals surface area contributed by atoms with Gasteiger partial charge in [0.25, 0.3) is 15.9 Å². The van der Waals surface area contributed by atoms with E-state index in [2.05, 4.69) is 30.2 Å². The van der Waals surface area contributed by atoms with Gasteiger partial charge in [0, 0.05) is 23.4 Å². The van der Waals surface area contributed by atoms with Crippen LogP contribution in [0.3, 0.4) is 0 Å². The first-order valence-electron chi connectivity index (χ1n) is 11.7. The lowest BCUT2D eigenvalue weighted by molar-refractivity contribution is -0.109. The lowest BCUT2D eigenvalue weighted by Crippen LogP contribution is -2.52. The number of benzene rings is 2. The highest BCUT2D eigenvalue weighted by Crippen LogP contribution is 2.33. The molecule has 0 spiro atoms. The molecule has 0 saturated carbocycles. The molecular weight excluding hydrogens is 516 g/mol. The molecule has 2 aromatic carbocycles. The van der Waals surface area contributed by atoms with E-state index in [0.29, 0.717) is 28.8 Å². The number of H-pyrrole nitrogens is 1. The van der Waals surface area contributed by atoms with E-state index in [0.717, 1.165) is 0 Å². The molecule has 0 aliphatic carbocycles. The molecule has 0 bridgehead atoms. The Hall–Kier alpha value is -4.15. The van der Waals surface area contributed by atoms with Gasteiger partial charge in [-0.25, -0.2) is 22.2 Å². The van der Waals surface area contributed by atoms with Crippen LogP contribution in [-0.4, -0.2) is 53.7 Å². The van der Waals surface area contributed by atoms with Crippen molar-refractivity contribution in [3.8, 4) is 23.3 Å². The second-order valence-electron chi connectivity index (χ2n) is 9.03. The smallest absolute Gasteiger partial charge is 0.296 e. The maximum atomic E-state index is 14.4. The minimum Gasteiger partial charge on any atom is -0.467 e. The summed E-state index contributed by atoms with van der Waals surface area (Å²) < 4.78 is 63.0. The molecule has 1 atom stereocenters. The molecule has 196 valence electrons. The number of hydrogen-bond acceptors (Lipinski definition) is 8. The third kappa shape index (κ3) is 4.88. The SMILES string of the molecule is Cc1ccc(C#N)c(S(=O)(=O)Nc2ccc(-c3nc(OC4CCNCC4(F)F)c4c(C)[nH]nc4n3)cc2)c1. The summed E-state index contributed by atoms with van der Waals surface area (Å²) in [6, 6.07) is 12.6. The van der Waals surface area contributed by atoms with E-state index in [1.54, 1.807) is 32.0 Å². The van der Waals surface area contributed by atoms with Crippen LogP contribution in [0, 0.1) is 25.2 Å². The number of aryl methyl sites for hydroxylation is 2. The number of nitrogens with zero attached hydrogens (tertiary/aromatic N) is 4. The summed E-state index contributed by atoms with van der Waals surface area (Å²) in [6.45, 7) is 3.36. The highest BCUT2D eigenvalue weighted by atomic mass is 32.2. The number of ether oxygens (including phenoxy) is 1. The summed E-state index contributed by atoms with van der Waals surface area (Å²) in [5, 5.41) is 19.3. The van der Waals surface area contributed by atoms with E-state index in [9.17, 15) is 22.5 Å². The Kier molecular flexibility index (Phi) is 6.46. The molecule has 1 fully saturated rings. The van der Waals surface area contributed by atoms with Gasteiger partial charge in [-0.05, 0) is 62.4 Å². The van der Waals surface area contributed by atoms with Crippen LogP contribution in [-0.2, 0) is 10.0 Å². The van der Waals surface area contributed by atoms with E-state index in [-0.39, 0.29) is 39.9 Å². The second-order valence-corrected chi connectivity index (χ2v) is 10.7. The molecule has 10 nitrogen and oxygen atoms in total. The van der Waals surface area contributed by atoms with Gasteiger partial charge in [-0.1, -0.05) is 6.07 Å². The third-order valence-corrected chi connectivity index (χ3v) is 7.59. The molecule has 0 amide bonds. The summed E-state index contributed by atoms with van der Waals surface area (Å²) in [5.41, 5.74) is 2.31. The first-order valence-corrected chi connectivity index (χ1v) is 13.2. The quantitative estimate of drug-likeness (QED) is 0.336. The monoisotopic (exact) mass is 539 g/mol. The summed E-state index contributed by atoms with van der Waals surface area (Å²) in [6.07, 6.45) is -1.26. The van der Waals surface area contributed by atoms with E-state index in [1.165, 1.54) is 24.3 Å². The zero-order valence-corrected chi connectivity index (χ0v) is 21.2. The summed E-state index contributed by atoms with van der Waals surface area (Å²) in [4.78, 5) is 8.74. The maximum absolute atomic E-state index is 14.4. The van der Waals surface area contributed by atoms with Crippen molar-refractivity contribution < 1.29 is 21.9 Å². The van der Waals surface area contributed by atoms with E-state index < -0.39 is 28.6 Å². The molecule has 5 rings (SSSR count). The Morgan fingerprint density at radius 2 is 1.92 bits per heavy atom. The Morgan fingerprint density at radius 1 is 1.16 bits per heavy atom. The fourth-order valence-corrected chi connectivity index (χ4v) is 5.48. The van der Waals surface area contributed by atoms with Gasteiger partial charge >= 0.3 is 0 Å². The zero-order chi connectivity index (χ0) is 27.1. The number of alkyl halides is 2. The van der Waals surface area contributed by atoms with Gasteiger partial charge in [0.05, 0.1) is 12.1 Å². The molecule has 0 radical (unpaired) electrons. The van der Waals surface area contributed by atoms with Crippen LogP contribution >= 0.6 is 0 Å². The fraction of sp³-hybridized carbons (Fsp3) is 0.280. The largest absolute Gasteiger partial charge is 0.467 e. The Balaban J connectivity index is 1.45. The van der Waals surface area contributed by atoms with Gasteiger partial charge in [-0.2, -0.15) is 15.3 Å². The standard InChI is InChI=1S/C25H23F2N7O3S/c1-14-3-4-17(12-28)19(11-14)38(35,36)34-18-7-5-16(6-8-18)22-30-23-21(15(2)32-33-23)24(31-22)37-20-9-10-29-13-25(20,26)27/h3-8,11,20,29,34H,9-10,13H2,1-2H3,(H,30,31,32,33). The number of aromatic nitrogens is 4. The van der Waals surface area contributed by atoms with Crippen molar-refractivity contribution in [2.75, 3.05) is 17.8 Å². The average molecular weight is 540 g/mol. The second kappa shape index (κ2) is 9.62. The van der Waals surface area contributed by atoms with Crippen LogP contribution in [0.15, 0.2) is 47.4 Å². The summed E-state index contributed by atoms with van der Waals surface area (Å²) in [5.74, 6) is -2.90. The van der Waals surface area contributed by atoms with Crippen LogP contribution in [0.5, 0.6) is 5.88 Å². The Bertz CT molecular complexity index is 1670. The number of hydrogen-bond donors (Lipinski definition) is 3. The van der Waals surface area contributed by atoms with E-state index in [4.69, 9.17) is 4.74 Å². The molecule has 2 aromatic heterocycles. The number of nitriles is 1. The molecule has 13 heteroatoms. The van der Waals surface area contributed by atoms with Crippen molar-refractivity contribution in [3.05, 3.63) is 59.3 Å². The molecule has 3 heterocycles. The molecule has 1 aliphatic heterocycles. The van der Waals surface area contributed by atoms with Gasteiger partial charge in [0.15, 0.2) is 17.6 Å². The fourth-order valence-electron chi connectivity index (χ4n) is 4.18. The number of sulfonamides is 1. The predicted octanol–water partition coefficient (Wildman–Crippen LogP) is 3.69. The molecule has 1 unspecified atom stereocenters. The van der Waals surface area contributed by atoms with E-state index >= 15 is 0 Å². The van der Waals surface area contributed by atoms with Gasteiger partial charge in [-0.15, -0.1) is 0 Å².